The van der Waals surface area contributed by atoms with Gasteiger partial charge < -0.3 is 15.3 Å². The Morgan fingerprint density at radius 2 is 1.92 bits per heavy atom. The smallest absolute Gasteiger partial charge is 0.158 e. The summed E-state index contributed by atoms with van der Waals surface area (Å²) < 4.78 is 0. The number of aliphatic hydroxyl groups is 1. The molecule has 7 nitrogen and oxygen atoms in total. The Kier molecular flexibility index (Phi) is 4.55. The minimum Gasteiger partial charge on any atom is -0.393 e. The first-order valence-corrected chi connectivity index (χ1v) is 7.66. The molecule has 1 aromatic carbocycles. The zero-order valence-electron chi connectivity index (χ0n) is 13.0. The van der Waals surface area contributed by atoms with E-state index in [1.54, 1.807) is 6.07 Å². The van der Waals surface area contributed by atoms with Crippen molar-refractivity contribution in [2.75, 3.05) is 23.3 Å². The van der Waals surface area contributed by atoms with Crippen molar-refractivity contribution >= 4 is 17.2 Å². The molecule has 0 unspecified atom stereocenters. The lowest BCUT2D eigenvalue weighted by Gasteiger charge is -2.32. The van der Waals surface area contributed by atoms with Crippen molar-refractivity contribution in [1.82, 2.24) is 9.97 Å². The number of nitriles is 2. The third-order valence-corrected chi connectivity index (χ3v) is 3.96. The van der Waals surface area contributed by atoms with Crippen LogP contribution >= 0.6 is 0 Å². The largest absolute Gasteiger partial charge is 0.393 e. The number of aromatic nitrogens is 2. The molecule has 24 heavy (non-hydrogen) atoms. The van der Waals surface area contributed by atoms with Crippen LogP contribution in [0.1, 0.15) is 24.1 Å². The summed E-state index contributed by atoms with van der Waals surface area (Å²) in [4.78, 5) is 10.2. The molecule has 2 aromatic rings. The van der Waals surface area contributed by atoms with Crippen molar-refractivity contribution in [3.63, 3.8) is 0 Å². The highest BCUT2D eigenvalue weighted by Gasteiger charge is 2.19. The minimum absolute atomic E-state index is 0.248. The molecule has 1 aliphatic rings. The summed E-state index contributed by atoms with van der Waals surface area (Å²) in [6.45, 7) is 1.48. The summed E-state index contributed by atoms with van der Waals surface area (Å²) in [5.41, 5.74) is 2.42. The summed E-state index contributed by atoms with van der Waals surface area (Å²) in [5, 5.41) is 30.9. The van der Waals surface area contributed by atoms with E-state index in [1.807, 2.05) is 18.2 Å². The Morgan fingerprint density at radius 1 is 1.12 bits per heavy atom. The van der Waals surface area contributed by atoms with Crippen molar-refractivity contribution in [3.05, 3.63) is 41.9 Å². The van der Waals surface area contributed by atoms with Gasteiger partial charge in [-0.15, -0.1) is 0 Å². The lowest BCUT2D eigenvalue weighted by atomic mass is 10.0. The van der Waals surface area contributed by atoms with Gasteiger partial charge in [-0.05, 0) is 31.0 Å². The summed E-state index contributed by atoms with van der Waals surface area (Å²) >= 11 is 0. The van der Waals surface area contributed by atoms with Gasteiger partial charge in [0.2, 0.25) is 0 Å². The maximum Gasteiger partial charge on any atom is 0.158 e. The van der Waals surface area contributed by atoms with Crippen LogP contribution in [-0.2, 0) is 0 Å². The predicted octanol–water partition coefficient (Wildman–Crippen LogP) is 1.92. The quantitative estimate of drug-likeness (QED) is 0.889. The monoisotopic (exact) mass is 320 g/mol. The number of aliphatic hydroxyl groups excluding tert-OH is 1. The van der Waals surface area contributed by atoms with E-state index >= 15 is 0 Å². The summed E-state index contributed by atoms with van der Waals surface area (Å²) in [6, 6.07) is 9.68. The zero-order valence-corrected chi connectivity index (χ0v) is 13.0. The average molecular weight is 320 g/mol. The molecular weight excluding hydrogens is 304 g/mol. The fraction of sp³-hybridized carbons (Fsp3) is 0.294. The SMILES string of the molecule is N#Cc1cnc(Nc2ccc(N3CCC(O)CC3)c(C#N)c2)cn1. The molecule has 0 radical (unpaired) electrons. The Balaban J connectivity index is 1.78. The van der Waals surface area contributed by atoms with E-state index in [9.17, 15) is 10.4 Å². The number of benzene rings is 1. The fourth-order valence-corrected chi connectivity index (χ4v) is 2.68. The lowest BCUT2D eigenvalue weighted by Crippen LogP contribution is -2.36. The minimum atomic E-state index is -0.248. The van der Waals surface area contributed by atoms with Gasteiger partial charge in [-0.25, -0.2) is 9.97 Å². The molecule has 1 saturated heterocycles. The number of nitrogens with zero attached hydrogens (tertiary/aromatic N) is 5. The Hall–Kier alpha value is -3.16. The highest BCUT2D eigenvalue weighted by atomic mass is 16.3. The standard InChI is InChI=1S/C17H16N6O/c18-8-12-7-13(22-17-11-20-14(9-19)10-21-17)1-2-16(12)23-5-3-15(24)4-6-23/h1-2,7,10-11,15,24H,3-6H2,(H,21,22). The Bertz CT molecular complexity index is 797. The number of piperidine rings is 1. The summed E-state index contributed by atoms with van der Waals surface area (Å²) in [5.74, 6) is 0.506. The second-order valence-corrected chi connectivity index (χ2v) is 5.59. The highest BCUT2D eigenvalue weighted by molar-refractivity contribution is 5.68. The van der Waals surface area contributed by atoms with Gasteiger partial charge in [0.1, 0.15) is 18.0 Å². The van der Waals surface area contributed by atoms with E-state index in [0.717, 1.165) is 24.5 Å². The average Bonchev–Trinajstić information content (AvgIpc) is 2.63. The van der Waals surface area contributed by atoms with Gasteiger partial charge >= 0.3 is 0 Å². The number of hydrogen-bond donors (Lipinski definition) is 2. The van der Waals surface area contributed by atoms with Crippen molar-refractivity contribution < 1.29 is 5.11 Å². The van der Waals surface area contributed by atoms with E-state index in [2.05, 4.69) is 26.3 Å². The van der Waals surface area contributed by atoms with Crippen LogP contribution in [0.15, 0.2) is 30.6 Å². The van der Waals surface area contributed by atoms with Crippen LogP contribution < -0.4 is 10.2 Å². The van der Waals surface area contributed by atoms with Crippen LogP contribution in [-0.4, -0.2) is 34.3 Å². The molecule has 2 heterocycles. The van der Waals surface area contributed by atoms with Crippen LogP contribution in [0.5, 0.6) is 0 Å². The molecule has 1 aliphatic heterocycles. The number of nitrogens with one attached hydrogen (secondary N) is 1. The fourth-order valence-electron chi connectivity index (χ4n) is 2.68. The molecule has 0 atom stereocenters. The maximum absolute atomic E-state index is 9.61. The van der Waals surface area contributed by atoms with Crippen LogP contribution in [0.3, 0.4) is 0 Å². The van der Waals surface area contributed by atoms with Gasteiger partial charge in [-0.1, -0.05) is 0 Å². The molecular formula is C17H16N6O. The highest BCUT2D eigenvalue weighted by Crippen LogP contribution is 2.27. The van der Waals surface area contributed by atoms with Crippen LogP contribution in [0.2, 0.25) is 0 Å². The first-order chi connectivity index (χ1) is 11.7. The van der Waals surface area contributed by atoms with Crippen LogP contribution in [0.4, 0.5) is 17.2 Å². The first kappa shape index (κ1) is 15.7. The molecule has 3 rings (SSSR count). The molecule has 0 aliphatic carbocycles. The first-order valence-electron chi connectivity index (χ1n) is 7.66. The molecule has 7 heteroatoms. The third kappa shape index (κ3) is 3.43. The van der Waals surface area contributed by atoms with Crippen molar-refractivity contribution in [2.24, 2.45) is 0 Å². The van der Waals surface area contributed by atoms with E-state index in [-0.39, 0.29) is 11.8 Å². The molecule has 1 aromatic heterocycles. The molecule has 120 valence electrons. The van der Waals surface area contributed by atoms with Crippen molar-refractivity contribution in [2.45, 2.75) is 18.9 Å². The topological polar surface area (TPSA) is 109 Å². The van der Waals surface area contributed by atoms with Gasteiger partial charge in [-0.2, -0.15) is 10.5 Å². The van der Waals surface area contributed by atoms with Gasteiger partial charge in [0.05, 0.1) is 29.7 Å². The Morgan fingerprint density at radius 3 is 2.54 bits per heavy atom. The van der Waals surface area contributed by atoms with Crippen LogP contribution in [0.25, 0.3) is 0 Å². The van der Waals surface area contributed by atoms with E-state index < -0.39 is 0 Å². The normalized spacial score (nSPS) is 14.7. The lowest BCUT2D eigenvalue weighted by molar-refractivity contribution is 0.145. The van der Waals surface area contributed by atoms with Crippen molar-refractivity contribution in [3.8, 4) is 12.1 Å². The number of anilines is 3. The van der Waals surface area contributed by atoms with Crippen LogP contribution in [0, 0.1) is 22.7 Å². The van der Waals surface area contributed by atoms with Crippen molar-refractivity contribution in [1.29, 1.82) is 10.5 Å². The molecule has 2 N–H and O–H groups in total. The molecule has 0 saturated carbocycles. The molecule has 0 spiro atoms. The number of rotatable bonds is 3. The third-order valence-electron chi connectivity index (χ3n) is 3.96. The van der Waals surface area contributed by atoms with Gasteiger partial charge in [-0.3, -0.25) is 0 Å². The molecule has 0 bridgehead atoms. The Labute approximate surface area is 139 Å². The summed E-state index contributed by atoms with van der Waals surface area (Å²) in [6.07, 6.45) is 4.05. The van der Waals surface area contributed by atoms with E-state index in [0.29, 0.717) is 24.2 Å². The zero-order chi connectivity index (χ0) is 16.9. The second kappa shape index (κ2) is 6.95. The predicted molar refractivity (Wildman–Crippen MR) is 88.6 cm³/mol. The molecule has 1 fully saturated rings. The number of hydrogen-bond acceptors (Lipinski definition) is 7. The van der Waals surface area contributed by atoms with Gasteiger partial charge in [0, 0.05) is 18.8 Å². The van der Waals surface area contributed by atoms with E-state index in [4.69, 9.17) is 5.26 Å². The van der Waals surface area contributed by atoms with Gasteiger partial charge in [0.15, 0.2) is 5.69 Å². The van der Waals surface area contributed by atoms with E-state index in [1.165, 1.54) is 12.4 Å². The maximum atomic E-state index is 9.61. The molecule has 0 amide bonds. The summed E-state index contributed by atoms with van der Waals surface area (Å²) in [7, 11) is 0. The van der Waals surface area contributed by atoms with Gasteiger partial charge in [0.25, 0.3) is 0 Å². The second-order valence-electron chi connectivity index (χ2n) is 5.59.